The van der Waals surface area contributed by atoms with Crippen LogP contribution in [0.3, 0.4) is 0 Å². The van der Waals surface area contributed by atoms with Crippen LogP contribution in [-0.2, 0) is 9.53 Å². The van der Waals surface area contributed by atoms with E-state index in [-0.39, 0.29) is 11.9 Å². The molecule has 0 unspecified atom stereocenters. The number of fused-ring (bicyclic) bond motifs is 1. The van der Waals surface area contributed by atoms with Gasteiger partial charge in [0.2, 0.25) is 0 Å². The summed E-state index contributed by atoms with van der Waals surface area (Å²) in [7, 11) is 0. The Labute approximate surface area is 94.8 Å². The van der Waals surface area contributed by atoms with Crippen LogP contribution >= 0.6 is 0 Å². The van der Waals surface area contributed by atoms with Crippen LogP contribution in [-0.4, -0.2) is 45.9 Å². The van der Waals surface area contributed by atoms with Gasteiger partial charge in [-0.3, -0.25) is 14.5 Å². The summed E-state index contributed by atoms with van der Waals surface area (Å²) in [6, 6.07) is -0.221. The lowest BCUT2D eigenvalue weighted by atomic mass is 9.72. The Bertz CT molecular complexity index is 372. The molecule has 5 nitrogen and oxygen atoms in total. The Kier molecular flexibility index (Phi) is 2.26. The van der Waals surface area contributed by atoms with Gasteiger partial charge in [0.25, 0.3) is 0 Å². The van der Waals surface area contributed by atoms with Crippen LogP contribution in [0.5, 0.6) is 0 Å². The zero-order chi connectivity index (χ0) is 12.1. The molecule has 0 saturated carbocycles. The van der Waals surface area contributed by atoms with Crippen LogP contribution in [0.25, 0.3) is 4.85 Å². The van der Waals surface area contributed by atoms with Crippen molar-refractivity contribution in [3.8, 4) is 0 Å². The molecule has 0 bridgehead atoms. The van der Waals surface area contributed by atoms with E-state index >= 15 is 0 Å². The number of amides is 1. The van der Waals surface area contributed by atoms with Crippen LogP contribution in [0.4, 0.5) is 0 Å². The molecule has 0 aliphatic carbocycles. The van der Waals surface area contributed by atoms with Gasteiger partial charge in [-0.25, -0.2) is 6.57 Å². The molecule has 2 aliphatic rings. The molecule has 0 radical (unpaired) electrons. The molecule has 0 aromatic carbocycles. The Morgan fingerprint density at radius 3 is 2.81 bits per heavy atom. The minimum Gasteiger partial charge on any atom is -0.384 e. The molecule has 16 heavy (non-hydrogen) atoms. The highest BCUT2D eigenvalue weighted by atomic mass is 16.5. The average molecular weight is 224 g/mol. The van der Waals surface area contributed by atoms with E-state index in [2.05, 4.69) is 4.85 Å². The summed E-state index contributed by atoms with van der Waals surface area (Å²) >= 11 is 0. The highest BCUT2D eigenvalue weighted by Gasteiger charge is 2.74. The second kappa shape index (κ2) is 3.19. The summed E-state index contributed by atoms with van der Waals surface area (Å²) in [6.07, 6.45) is -0.324. The smallest absolute Gasteiger partial charge is 0.353 e. The standard InChI is InChI=1S/C11H16N2O3/c1-7(14)11(12-4)8-5-6-16-10(2,3)13(8)9(11)15/h7-8,14H,5-6H2,1-3H3/t7-,8+,11-/m0/s1. The SMILES string of the molecule is [C-]#[N+][C@]1([C@H](C)O)C(=O)N2[C@@H]1CCOC2(C)C. The van der Waals surface area contributed by atoms with E-state index in [1.165, 1.54) is 6.92 Å². The Morgan fingerprint density at radius 2 is 2.31 bits per heavy atom. The molecule has 3 atom stereocenters. The van der Waals surface area contributed by atoms with Gasteiger partial charge in [0.15, 0.2) is 0 Å². The molecule has 2 fully saturated rings. The first-order valence-corrected chi connectivity index (χ1v) is 5.42. The summed E-state index contributed by atoms with van der Waals surface area (Å²) in [5.41, 5.74) is -1.94. The maximum absolute atomic E-state index is 12.1. The van der Waals surface area contributed by atoms with Crippen molar-refractivity contribution >= 4 is 5.91 Å². The van der Waals surface area contributed by atoms with Crippen LogP contribution in [0, 0.1) is 6.57 Å². The van der Waals surface area contributed by atoms with E-state index in [1.54, 1.807) is 4.90 Å². The fourth-order valence-electron chi connectivity index (χ4n) is 2.74. The largest absolute Gasteiger partial charge is 0.384 e. The molecule has 5 heteroatoms. The highest BCUT2D eigenvalue weighted by Crippen LogP contribution is 2.46. The van der Waals surface area contributed by atoms with Gasteiger partial charge in [-0.1, -0.05) is 0 Å². The van der Waals surface area contributed by atoms with Crippen molar-refractivity contribution in [2.75, 3.05) is 6.61 Å². The number of aliphatic hydroxyl groups excluding tert-OH is 1. The van der Waals surface area contributed by atoms with E-state index in [9.17, 15) is 9.90 Å². The number of carbonyl (C=O) groups excluding carboxylic acids is 1. The summed E-state index contributed by atoms with van der Waals surface area (Å²) in [6.45, 7) is 12.9. The van der Waals surface area contributed by atoms with Crippen molar-refractivity contribution in [3.63, 3.8) is 0 Å². The van der Waals surface area contributed by atoms with Crippen LogP contribution < -0.4 is 0 Å². The quantitative estimate of drug-likeness (QED) is 0.518. The predicted octanol–water partition coefficient (Wildman–Crippen LogP) is 0.392. The van der Waals surface area contributed by atoms with Crippen molar-refractivity contribution in [2.45, 2.75) is 50.6 Å². The molecular weight excluding hydrogens is 208 g/mol. The number of hydrogen-bond donors (Lipinski definition) is 1. The molecule has 0 spiro atoms. The molecule has 2 heterocycles. The average Bonchev–Trinajstić information content (AvgIpc) is 2.16. The first kappa shape index (κ1) is 11.4. The molecular formula is C11H16N2O3. The number of β-lactam (4-membered cyclic amide) rings is 1. The van der Waals surface area contributed by atoms with Crippen molar-refractivity contribution in [3.05, 3.63) is 11.4 Å². The minimum absolute atomic E-state index is 0.221. The van der Waals surface area contributed by atoms with Crippen molar-refractivity contribution in [2.24, 2.45) is 0 Å². The zero-order valence-corrected chi connectivity index (χ0v) is 9.73. The Morgan fingerprint density at radius 1 is 1.69 bits per heavy atom. The topological polar surface area (TPSA) is 54.1 Å². The third-order valence-electron chi connectivity index (χ3n) is 3.63. The van der Waals surface area contributed by atoms with Gasteiger partial charge in [0.05, 0.1) is 6.61 Å². The minimum atomic E-state index is -1.28. The number of carbonyl (C=O) groups is 1. The monoisotopic (exact) mass is 224 g/mol. The Hall–Kier alpha value is -1.12. The van der Waals surface area contributed by atoms with Crippen molar-refractivity contribution < 1.29 is 14.6 Å². The van der Waals surface area contributed by atoms with Crippen LogP contribution in [0.1, 0.15) is 27.2 Å². The molecule has 2 saturated heterocycles. The third kappa shape index (κ3) is 1.09. The van der Waals surface area contributed by atoms with Gasteiger partial charge in [-0.2, -0.15) is 0 Å². The van der Waals surface area contributed by atoms with Crippen molar-refractivity contribution in [1.82, 2.24) is 4.90 Å². The van der Waals surface area contributed by atoms with Crippen LogP contribution in [0.15, 0.2) is 0 Å². The molecule has 0 aromatic rings. The van der Waals surface area contributed by atoms with Gasteiger partial charge >= 0.3 is 11.4 Å². The second-order valence-electron chi connectivity index (χ2n) is 4.89. The van der Waals surface area contributed by atoms with Gasteiger partial charge in [-0.15, -0.1) is 0 Å². The van der Waals surface area contributed by atoms with Crippen molar-refractivity contribution in [1.29, 1.82) is 0 Å². The number of aliphatic hydroxyl groups is 1. The van der Waals surface area contributed by atoms with E-state index in [4.69, 9.17) is 11.3 Å². The summed E-state index contributed by atoms with van der Waals surface area (Å²) in [5.74, 6) is -0.313. The molecule has 2 rings (SSSR count). The fourth-order valence-corrected chi connectivity index (χ4v) is 2.74. The molecule has 88 valence electrons. The van der Waals surface area contributed by atoms with E-state index in [1.807, 2.05) is 13.8 Å². The van der Waals surface area contributed by atoms with E-state index in [0.717, 1.165) is 0 Å². The third-order valence-corrected chi connectivity index (χ3v) is 3.63. The van der Waals surface area contributed by atoms with Gasteiger partial charge < -0.3 is 9.84 Å². The lowest BCUT2D eigenvalue weighted by molar-refractivity contribution is -0.239. The highest BCUT2D eigenvalue weighted by molar-refractivity contribution is 5.97. The first-order valence-electron chi connectivity index (χ1n) is 5.42. The first-order chi connectivity index (χ1) is 7.38. The summed E-state index contributed by atoms with van der Waals surface area (Å²) in [4.78, 5) is 17.1. The number of nitrogens with zero attached hydrogens (tertiary/aromatic N) is 2. The maximum Gasteiger partial charge on any atom is 0.353 e. The van der Waals surface area contributed by atoms with Gasteiger partial charge in [-0.05, 0) is 27.2 Å². The Balaban J connectivity index is 2.37. The summed E-state index contributed by atoms with van der Waals surface area (Å²) < 4.78 is 5.51. The van der Waals surface area contributed by atoms with Gasteiger partial charge in [0, 0.05) is 0 Å². The van der Waals surface area contributed by atoms with E-state index < -0.39 is 17.4 Å². The summed E-state index contributed by atoms with van der Waals surface area (Å²) in [5, 5.41) is 9.70. The molecule has 1 N–H and O–H groups in total. The van der Waals surface area contributed by atoms with Crippen LogP contribution in [0.2, 0.25) is 0 Å². The van der Waals surface area contributed by atoms with Gasteiger partial charge in [0.1, 0.15) is 17.9 Å². The molecule has 0 aromatic heterocycles. The maximum atomic E-state index is 12.1. The predicted molar refractivity (Wildman–Crippen MR) is 56.3 cm³/mol. The normalized spacial score (nSPS) is 38.3. The number of rotatable bonds is 1. The number of ether oxygens (including phenoxy) is 1. The second-order valence-corrected chi connectivity index (χ2v) is 4.89. The molecule has 2 aliphatic heterocycles. The fraction of sp³-hybridized carbons (Fsp3) is 0.818. The van der Waals surface area contributed by atoms with E-state index in [0.29, 0.717) is 13.0 Å². The molecule has 1 amide bonds. The zero-order valence-electron chi connectivity index (χ0n) is 9.73. The number of hydrogen-bond acceptors (Lipinski definition) is 3. The lowest BCUT2D eigenvalue weighted by Gasteiger charge is -2.58. The lowest BCUT2D eigenvalue weighted by Crippen LogP contribution is -2.82.